The number of rotatable bonds is 3. The number of carbonyl (C=O) groups excluding carboxylic acids is 1. The summed E-state index contributed by atoms with van der Waals surface area (Å²) in [5.74, 6) is -4.61. The van der Waals surface area contributed by atoms with Crippen LogP contribution in [0, 0.1) is 5.82 Å². The summed E-state index contributed by atoms with van der Waals surface area (Å²) in [4.78, 5) is 17.4. The van der Waals surface area contributed by atoms with E-state index in [0.29, 0.717) is 5.69 Å². The number of carbonyl (C=O) groups is 1. The van der Waals surface area contributed by atoms with Crippen molar-refractivity contribution >= 4 is 11.7 Å². The van der Waals surface area contributed by atoms with Crippen molar-refractivity contribution in [2.24, 2.45) is 0 Å². The van der Waals surface area contributed by atoms with Crippen LogP contribution in [0.4, 0.5) is 32.4 Å². The number of alkyl halides is 4. The first kappa shape index (κ1) is 23.4. The van der Waals surface area contributed by atoms with Gasteiger partial charge in [-0.2, -0.15) is 13.9 Å². The molecular formula is C21H24F5N5O2. The maximum absolute atomic E-state index is 15.1. The zero-order valence-corrected chi connectivity index (χ0v) is 18.1. The molecule has 12 heteroatoms. The van der Waals surface area contributed by atoms with Crippen LogP contribution in [-0.4, -0.2) is 42.4 Å². The number of aliphatic hydroxyl groups is 1. The van der Waals surface area contributed by atoms with Gasteiger partial charge in [0.05, 0.1) is 30.1 Å². The van der Waals surface area contributed by atoms with E-state index in [0.717, 1.165) is 16.9 Å². The van der Waals surface area contributed by atoms with Crippen molar-refractivity contribution in [3.8, 4) is 0 Å². The van der Waals surface area contributed by atoms with Crippen LogP contribution in [-0.2, 0) is 25.4 Å². The van der Waals surface area contributed by atoms with Gasteiger partial charge in [0.1, 0.15) is 11.4 Å². The third-order valence-corrected chi connectivity index (χ3v) is 6.46. The number of hydrogen-bond acceptors (Lipinski definition) is 4. The minimum atomic E-state index is -3.26. The number of anilines is 1. The molecule has 7 nitrogen and oxygen atoms in total. The number of urea groups is 1. The Morgan fingerprint density at radius 2 is 2.09 bits per heavy atom. The van der Waals surface area contributed by atoms with E-state index in [2.05, 4.69) is 15.4 Å². The summed E-state index contributed by atoms with van der Waals surface area (Å²) >= 11 is 0. The third kappa shape index (κ3) is 4.16. The van der Waals surface area contributed by atoms with E-state index in [9.17, 15) is 23.1 Å². The Bertz CT molecular complexity index is 1080. The van der Waals surface area contributed by atoms with E-state index in [1.807, 2.05) is 0 Å². The summed E-state index contributed by atoms with van der Waals surface area (Å²) in [6, 6.07) is -0.250. The molecule has 0 aliphatic carbocycles. The third-order valence-electron chi connectivity index (χ3n) is 6.46. The summed E-state index contributed by atoms with van der Waals surface area (Å²) in [6.45, 7) is 3.10. The van der Waals surface area contributed by atoms with Gasteiger partial charge < -0.3 is 15.3 Å². The lowest BCUT2D eigenvalue weighted by Crippen LogP contribution is -2.45. The van der Waals surface area contributed by atoms with E-state index in [1.165, 1.54) is 4.90 Å². The van der Waals surface area contributed by atoms with Crippen LogP contribution in [0.1, 0.15) is 62.2 Å². The van der Waals surface area contributed by atoms with Crippen LogP contribution in [0.5, 0.6) is 0 Å². The number of aromatic nitrogens is 3. The molecule has 180 valence electrons. The van der Waals surface area contributed by atoms with E-state index in [-0.39, 0.29) is 43.6 Å². The number of nitrogens with one attached hydrogen (secondary N) is 1. The van der Waals surface area contributed by atoms with Gasteiger partial charge in [-0.1, -0.05) is 6.92 Å². The van der Waals surface area contributed by atoms with Gasteiger partial charge >= 0.3 is 6.03 Å². The predicted octanol–water partition coefficient (Wildman–Crippen LogP) is 4.36. The van der Waals surface area contributed by atoms with Gasteiger partial charge in [0.25, 0.3) is 12.3 Å². The Morgan fingerprint density at radius 1 is 1.36 bits per heavy atom. The zero-order valence-electron chi connectivity index (χ0n) is 18.1. The highest BCUT2D eigenvalue weighted by atomic mass is 19.3. The molecule has 0 aromatic carbocycles. The molecular weight excluding hydrogens is 449 g/mol. The molecule has 0 fully saturated rings. The molecule has 0 saturated heterocycles. The molecule has 2 amide bonds. The number of fused-ring (bicyclic) bond motifs is 3. The van der Waals surface area contributed by atoms with Gasteiger partial charge in [0.2, 0.25) is 0 Å². The van der Waals surface area contributed by atoms with Crippen LogP contribution in [0.3, 0.4) is 0 Å². The fourth-order valence-corrected chi connectivity index (χ4v) is 4.44. The van der Waals surface area contributed by atoms with Gasteiger partial charge in [-0.25, -0.2) is 18.0 Å². The molecule has 2 N–H and O–H groups in total. The summed E-state index contributed by atoms with van der Waals surface area (Å²) in [5, 5.41) is 17.3. The Morgan fingerprint density at radius 3 is 2.76 bits per heavy atom. The highest BCUT2D eigenvalue weighted by Crippen LogP contribution is 2.43. The van der Waals surface area contributed by atoms with E-state index < -0.39 is 53.6 Å². The second kappa shape index (κ2) is 8.23. The SMILES string of the molecule is CC[C@@]1(O)CCC(F)(F)c2c3c(nn2C1)C[C@@H](C)N(C(=O)Nc1ccnc(C(F)F)c1F)C3. The first-order valence-corrected chi connectivity index (χ1v) is 10.6. The lowest BCUT2D eigenvalue weighted by molar-refractivity contribution is -0.0417. The van der Waals surface area contributed by atoms with Crippen LogP contribution < -0.4 is 5.32 Å². The number of pyridine rings is 1. The van der Waals surface area contributed by atoms with Crippen LogP contribution in [0.25, 0.3) is 0 Å². The smallest absolute Gasteiger partial charge is 0.322 e. The van der Waals surface area contributed by atoms with Crippen LogP contribution >= 0.6 is 0 Å². The van der Waals surface area contributed by atoms with Gasteiger partial charge in [-0.15, -0.1) is 0 Å². The maximum Gasteiger partial charge on any atom is 0.322 e. The monoisotopic (exact) mass is 473 g/mol. The first-order chi connectivity index (χ1) is 15.5. The van der Waals surface area contributed by atoms with Crippen LogP contribution in [0.2, 0.25) is 0 Å². The lowest BCUT2D eigenvalue weighted by Gasteiger charge is -2.33. The zero-order chi connectivity index (χ0) is 24.1. The highest BCUT2D eigenvalue weighted by molar-refractivity contribution is 5.90. The van der Waals surface area contributed by atoms with Crippen molar-refractivity contribution < 1.29 is 31.9 Å². The average Bonchev–Trinajstić information content (AvgIpc) is 3.05. The Labute approximate surface area is 186 Å². The van der Waals surface area contributed by atoms with Crippen molar-refractivity contribution in [2.45, 2.75) is 76.6 Å². The summed E-state index contributed by atoms with van der Waals surface area (Å²) < 4.78 is 71.4. The van der Waals surface area contributed by atoms with Gasteiger partial charge in [-0.05, 0) is 25.8 Å². The first-order valence-electron chi connectivity index (χ1n) is 10.6. The van der Waals surface area contributed by atoms with Crippen molar-refractivity contribution in [3.05, 3.63) is 40.7 Å². The summed E-state index contributed by atoms with van der Waals surface area (Å²) in [5.41, 5.74) is -2.61. The van der Waals surface area contributed by atoms with Crippen molar-refractivity contribution in [1.82, 2.24) is 19.7 Å². The van der Waals surface area contributed by atoms with Crippen LogP contribution in [0.15, 0.2) is 12.3 Å². The molecule has 0 radical (unpaired) electrons. The molecule has 4 heterocycles. The van der Waals surface area contributed by atoms with E-state index >= 15 is 8.78 Å². The average molecular weight is 473 g/mol. The number of amides is 2. The molecule has 33 heavy (non-hydrogen) atoms. The lowest BCUT2D eigenvalue weighted by atomic mass is 9.92. The molecule has 2 aliphatic rings. The Kier molecular flexibility index (Phi) is 5.83. The van der Waals surface area contributed by atoms with E-state index in [4.69, 9.17) is 0 Å². The van der Waals surface area contributed by atoms with Crippen molar-refractivity contribution in [2.75, 3.05) is 5.32 Å². The largest absolute Gasteiger partial charge is 0.388 e. The number of nitrogens with zero attached hydrogens (tertiary/aromatic N) is 4. The van der Waals surface area contributed by atoms with E-state index in [1.54, 1.807) is 13.8 Å². The fraction of sp³-hybridized carbons (Fsp3) is 0.571. The molecule has 2 atom stereocenters. The normalized spacial score (nSPS) is 24.3. The molecule has 4 rings (SSSR count). The molecule has 0 saturated carbocycles. The minimum Gasteiger partial charge on any atom is -0.388 e. The second-order valence-corrected chi connectivity index (χ2v) is 8.68. The van der Waals surface area contributed by atoms with Gasteiger partial charge in [-0.3, -0.25) is 9.67 Å². The Balaban J connectivity index is 1.64. The number of hydrogen-bond donors (Lipinski definition) is 2. The van der Waals surface area contributed by atoms with Crippen molar-refractivity contribution in [1.29, 1.82) is 0 Å². The molecule has 0 unspecified atom stereocenters. The second-order valence-electron chi connectivity index (χ2n) is 8.68. The van der Waals surface area contributed by atoms with Crippen molar-refractivity contribution in [3.63, 3.8) is 0 Å². The molecule has 0 bridgehead atoms. The maximum atomic E-state index is 15.1. The number of halogens is 5. The minimum absolute atomic E-state index is 0.0827. The molecule has 2 aliphatic heterocycles. The molecule has 2 aromatic heterocycles. The Hall–Kier alpha value is -2.76. The summed E-state index contributed by atoms with van der Waals surface area (Å²) in [7, 11) is 0. The standard InChI is InChI=1S/C21H24F5N5O2/c1-3-20(33)5-6-21(25,26)17-12-9-30(11(2)8-14(12)29-31(17)10-20)19(32)28-13-4-7-27-16(15(13)22)18(23)24/h4,7,11,18,33H,3,5-6,8-10H2,1-2H3,(H,27,28,32)/t11-,20-/m1/s1. The molecule has 0 spiro atoms. The topological polar surface area (TPSA) is 83.3 Å². The summed E-state index contributed by atoms with van der Waals surface area (Å²) in [6.07, 6.45) is -2.41. The fourth-order valence-electron chi connectivity index (χ4n) is 4.44. The van der Waals surface area contributed by atoms with Gasteiger partial charge in [0, 0.05) is 30.6 Å². The van der Waals surface area contributed by atoms with Gasteiger partial charge in [0.15, 0.2) is 5.82 Å². The predicted molar refractivity (Wildman–Crippen MR) is 107 cm³/mol. The highest BCUT2D eigenvalue weighted by Gasteiger charge is 2.47. The molecule has 2 aromatic rings. The quantitative estimate of drug-likeness (QED) is 0.649.